The molecule has 2 aromatic rings. The summed E-state index contributed by atoms with van der Waals surface area (Å²) in [4.78, 5) is 16.4. The van der Waals surface area contributed by atoms with Gasteiger partial charge in [-0.1, -0.05) is 13.8 Å². The standard InChI is InChI=1S/C14H17N5O/c1-10(2)7-19-13(16-9-17-19)8-18-5-4-11(3)12(6-15)14(18)20/h4-5,9-10H,7-8H2,1-3H3. The third-order valence-electron chi connectivity index (χ3n) is 3.03. The fraction of sp³-hybridized carbons (Fsp3) is 0.429. The Morgan fingerprint density at radius 1 is 1.45 bits per heavy atom. The molecule has 2 heterocycles. The first kappa shape index (κ1) is 14.0. The molecule has 2 aromatic heterocycles. The van der Waals surface area contributed by atoms with Crippen molar-refractivity contribution in [2.24, 2.45) is 5.92 Å². The van der Waals surface area contributed by atoms with Crippen LogP contribution < -0.4 is 5.56 Å². The minimum absolute atomic E-state index is 0.183. The van der Waals surface area contributed by atoms with Crippen molar-refractivity contribution in [2.45, 2.75) is 33.9 Å². The smallest absolute Gasteiger partial charge is 0.269 e. The van der Waals surface area contributed by atoms with Gasteiger partial charge < -0.3 is 4.57 Å². The zero-order valence-electron chi connectivity index (χ0n) is 11.9. The summed E-state index contributed by atoms with van der Waals surface area (Å²) in [5.41, 5.74) is 0.589. The third kappa shape index (κ3) is 2.77. The van der Waals surface area contributed by atoms with Crippen molar-refractivity contribution >= 4 is 0 Å². The Morgan fingerprint density at radius 2 is 2.20 bits per heavy atom. The molecule has 0 spiro atoms. The van der Waals surface area contributed by atoms with Crippen LogP contribution in [-0.2, 0) is 13.1 Å². The number of nitriles is 1. The molecule has 20 heavy (non-hydrogen) atoms. The summed E-state index contributed by atoms with van der Waals surface area (Å²) in [6, 6.07) is 3.72. The van der Waals surface area contributed by atoms with Crippen LogP contribution in [0, 0.1) is 24.2 Å². The van der Waals surface area contributed by atoms with Gasteiger partial charge in [-0.2, -0.15) is 10.4 Å². The van der Waals surface area contributed by atoms with E-state index in [2.05, 4.69) is 23.9 Å². The quantitative estimate of drug-likeness (QED) is 0.840. The first-order chi connectivity index (χ1) is 9.52. The lowest BCUT2D eigenvalue weighted by molar-refractivity contribution is 0.459. The monoisotopic (exact) mass is 271 g/mol. The van der Waals surface area contributed by atoms with E-state index in [1.165, 1.54) is 10.9 Å². The van der Waals surface area contributed by atoms with Crippen LogP contribution in [0.3, 0.4) is 0 Å². The summed E-state index contributed by atoms with van der Waals surface area (Å²) in [7, 11) is 0. The molecule has 0 atom stereocenters. The summed E-state index contributed by atoms with van der Waals surface area (Å²) < 4.78 is 3.29. The van der Waals surface area contributed by atoms with Gasteiger partial charge in [-0.05, 0) is 24.5 Å². The molecular weight excluding hydrogens is 254 g/mol. The van der Waals surface area contributed by atoms with Gasteiger partial charge in [0.15, 0.2) is 0 Å². The van der Waals surface area contributed by atoms with E-state index in [9.17, 15) is 4.79 Å². The van der Waals surface area contributed by atoms with Gasteiger partial charge in [0.2, 0.25) is 0 Å². The molecule has 0 aliphatic carbocycles. The van der Waals surface area contributed by atoms with Crippen molar-refractivity contribution in [1.29, 1.82) is 5.26 Å². The van der Waals surface area contributed by atoms with Crippen LogP contribution in [0.2, 0.25) is 0 Å². The Kier molecular flexibility index (Phi) is 3.99. The lowest BCUT2D eigenvalue weighted by atomic mass is 10.2. The summed E-state index contributed by atoms with van der Waals surface area (Å²) in [6.45, 7) is 7.02. The average molecular weight is 271 g/mol. The van der Waals surface area contributed by atoms with Crippen molar-refractivity contribution in [3.8, 4) is 6.07 Å². The van der Waals surface area contributed by atoms with Crippen LogP contribution in [0.5, 0.6) is 0 Å². The molecule has 0 aromatic carbocycles. The zero-order chi connectivity index (χ0) is 14.7. The van der Waals surface area contributed by atoms with E-state index in [4.69, 9.17) is 5.26 Å². The van der Waals surface area contributed by atoms with Crippen LogP contribution in [0.25, 0.3) is 0 Å². The SMILES string of the molecule is Cc1ccn(Cc2ncnn2CC(C)C)c(=O)c1C#N. The molecule has 0 fully saturated rings. The van der Waals surface area contributed by atoms with Gasteiger partial charge in [-0.25, -0.2) is 9.67 Å². The van der Waals surface area contributed by atoms with Gasteiger partial charge in [-0.3, -0.25) is 4.79 Å². The van der Waals surface area contributed by atoms with Crippen molar-refractivity contribution in [2.75, 3.05) is 0 Å². The summed E-state index contributed by atoms with van der Waals surface area (Å²) in [5, 5.41) is 13.2. The van der Waals surface area contributed by atoms with E-state index in [1.807, 2.05) is 6.07 Å². The van der Waals surface area contributed by atoms with Crippen LogP contribution in [-0.4, -0.2) is 19.3 Å². The maximum atomic E-state index is 12.2. The van der Waals surface area contributed by atoms with Crippen molar-refractivity contribution in [1.82, 2.24) is 19.3 Å². The van der Waals surface area contributed by atoms with Gasteiger partial charge in [-0.15, -0.1) is 0 Å². The summed E-state index contributed by atoms with van der Waals surface area (Å²) in [5.74, 6) is 1.16. The predicted octanol–water partition coefficient (Wildman–Crippen LogP) is 1.32. The van der Waals surface area contributed by atoms with Crippen LogP contribution in [0.1, 0.15) is 30.8 Å². The molecule has 0 saturated carbocycles. The topological polar surface area (TPSA) is 76.5 Å². The Morgan fingerprint density at radius 3 is 2.85 bits per heavy atom. The molecular formula is C14H17N5O. The maximum absolute atomic E-state index is 12.2. The van der Waals surface area contributed by atoms with E-state index in [0.717, 1.165) is 6.54 Å². The first-order valence-electron chi connectivity index (χ1n) is 6.49. The van der Waals surface area contributed by atoms with Gasteiger partial charge in [0, 0.05) is 12.7 Å². The van der Waals surface area contributed by atoms with Crippen LogP contribution in [0.4, 0.5) is 0 Å². The molecule has 0 saturated heterocycles. The number of pyridine rings is 1. The van der Waals surface area contributed by atoms with Crippen molar-refractivity contribution in [3.63, 3.8) is 0 Å². The number of nitrogens with zero attached hydrogens (tertiary/aromatic N) is 5. The number of aryl methyl sites for hydroxylation is 1. The number of hydrogen-bond donors (Lipinski definition) is 0. The van der Waals surface area contributed by atoms with Gasteiger partial charge in [0.1, 0.15) is 23.8 Å². The van der Waals surface area contributed by atoms with Crippen molar-refractivity contribution < 1.29 is 0 Å². The lowest BCUT2D eigenvalue weighted by Gasteiger charge is -2.10. The fourth-order valence-electron chi connectivity index (χ4n) is 1.99. The number of aromatic nitrogens is 4. The number of hydrogen-bond acceptors (Lipinski definition) is 4. The highest BCUT2D eigenvalue weighted by molar-refractivity contribution is 5.34. The molecule has 0 radical (unpaired) electrons. The normalized spacial score (nSPS) is 10.8. The zero-order valence-corrected chi connectivity index (χ0v) is 11.9. The maximum Gasteiger partial charge on any atom is 0.269 e. The van der Waals surface area contributed by atoms with E-state index in [0.29, 0.717) is 23.9 Å². The van der Waals surface area contributed by atoms with Crippen molar-refractivity contribution in [3.05, 3.63) is 45.9 Å². The van der Waals surface area contributed by atoms with E-state index >= 15 is 0 Å². The second-order valence-electron chi connectivity index (χ2n) is 5.17. The first-order valence-corrected chi connectivity index (χ1v) is 6.49. The largest absolute Gasteiger partial charge is 0.307 e. The summed E-state index contributed by atoms with van der Waals surface area (Å²) >= 11 is 0. The average Bonchev–Trinajstić information content (AvgIpc) is 2.80. The Hall–Kier alpha value is -2.42. The number of rotatable bonds is 4. The second-order valence-corrected chi connectivity index (χ2v) is 5.17. The molecule has 0 amide bonds. The predicted molar refractivity (Wildman–Crippen MR) is 74.1 cm³/mol. The molecule has 0 aliphatic rings. The molecule has 2 rings (SSSR count). The van der Waals surface area contributed by atoms with Gasteiger partial charge >= 0.3 is 0 Å². The van der Waals surface area contributed by atoms with Gasteiger partial charge in [0.05, 0.1) is 6.54 Å². The highest BCUT2D eigenvalue weighted by Gasteiger charge is 2.11. The molecule has 0 bridgehead atoms. The lowest BCUT2D eigenvalue weighted by Crippen LogP contribution is -2.25. The molecule has 6 nitrogen and oxygen atoms in total. The minimum atomic E-state index is -0.286. The van der Waals surface area contributed by atoms with Gasteiger partial charge in [0.25, 0.3) is 5.56 Å². The van der Waals surface area contributed by atoms with E-state index in [1.54, 1.807) is 23.9 Å². The highest BCUT2D eigenvalue weighted by atomic mass is 16.1. The Labute approximate surface area is 117 Å². The fourth-order valence-corrected chi connectivity index (χ4v) is 1.99. The van der Waals surface area contributed by atoms with E-state index < -0.39 is 0 Å². The Bertz CT molecular complexity index is 705. The molecule has 0 N–H and O–H groups in total. The molecule has 0 aliphatic heterocycles. The highest BCUT2D eigenvalue weighted by Crippen LogP contribution is 2.04. The molecule has 104 valence electrons. The second kappa shape index (κ2) is 5.70. The molecule has 0 unspecified atom stereocenters. The van der Waals surface area contributed by atoms with Crippen LogP contribution in [0.15, 0.2) is 23.4 Å². The summed E-state index contributed by atoms with van der Waals surface area (Å²) in [6.07, 6.45) is 3.18. The minimum Gasteiger partial charge on any atom is -0.307 e. The van der Waals surface area contributed by atoms with E-state index in [-0.39, 0.29) is 11.1 Å². The Balaban J connectivity index is 2.35. The van der Waals surface area contributed by atoms with Crippen LogP contribution >= 0.6 is 0 Å². The third-order valence-corrected chi connectivity index (χ3v) is 3.03. The molecule has 6 heteroatoms.